The van der Waals surface area contributed by atoms with Crippen LogP contribution in [0.3, 0.4) is 0 Å². The highest BCUT2D eigenvalue weighted by Crippen LogP contribution is 2.31. The third-order valence-electron chi connectivity index (χ3n) is 5.93. The van der Waals surface area contributed by atoms with Gasteiger partial charge in [-0.1, -0.05) is 59.1 Å². The van der Waals surface area contributed by atoms with Gasteiger partial charge in [-0.05, 0) is 52.5 Å². The lowest BCUT2D eigenvalue weighted by atomic mass is 10.0. The monoisotopic (exact) mass is 563 g/mol. The lowest BCUT2D eigenvalue weighted by molar-refractivity contribution is 0.211. The molecule has 0 aliphatic carbocycles. The van der Waals surface area contributed by atoms with Gasteiger partial charge in [0.15, 0.2) is 5.65 Å². The molecule has 0 unspecified atom stereocenters. The van der Waals surface area contributed by atoms with Crippen molar-refractivity contribution in [3.8, 4) is 11.3 Å². The quantitative estimate of drug-likeness (QED) is 0.278. The summed E-state index contributed by atoms with van der Waals surface area (Å²) in [7, 11) is 0. The normalized spacial score (nSPS) is 15.3. The maximum absolute atomic E-state index is 6.45. The second-order valence-electron chi connectivity index (χ2n) is 8.16. The molecule has 1 saturated heterocycles. The first kappa shape index (κ1) is 22.9. The van der Waals surface area contributed by atoms with Crippen LogP contribution in [-0.4, -0.2) is 38.6 Å². The van der Waals surface area contributed by atoms with Crippen LogP contribution in [0.4, 0.5) is 5.82 Å². The molecular weight excluding hydrogens is 545 g/mol. The van der Waals surface area contributed by atoms with Crippen LogP contribution in [0.2, 0.25) is 15.1 Å². The number of nitrogens with zero attached hydrogens (tertiary/aromatic N) is 4. The van der Waals surface area contributed by atoms with Crippen LogP contribution < -0.4 is 5.32 Å². The number of hydrogen-bond acceptors (Lipinski definition) is 4. The summed E-state index contributed by atoms with van der Waals surface area (Å²) in [5.41, 5.74) is 3.57. The van der Waals surface area contributed by atoms with Crippen molar-refractivity contribution >= 4 is 62.2 Å². The Morgan fingerprint density at radius 2 is 1.79 bits per heavy atom. The molecule has 170 valence electrons. The molecule has 0 atom stereocenters. The summed E-state index contributed by atoms with van der Waals surface area (Å²) in [5, 5.41) is 10.3. The van der Waals surface area contributed by atoms with E-state index in [-0.39, 0.29) is 0 Å². The third kappa shape index (κ3) is 5.00. The Morgan fingerprint density at radius 3 is 2.55 bits per heavy atom. The second-order valence-corrected chi connectivity index (χ2v) is 10.3. The van der Waals surface area contributed by atoms with Crippen molar-refractivity contribution in [1.29, 1.82) is 0 Å². The summed E-state index contributed by atoms with van der Waals surface area (Å²) < 4.78 is 2.68. The highest BCUT2D eigenvalue weighted by molar-refractivity contribution is 9.10. The van der Waals surface area contributed by atoms with Crippen molar-refractivity contribution < 1.29 is 0 Å². The summed E-state index contributed by atoms with van der Waals surface area (Å²) in [4.78, 5) is 7.22. The molecule has 2 aromatic heterocycles. The van der Waals surface area contributed by atoms with E-state index in [9.17, 15) is 0 Å². The van der Waals surface area contributed by atoms with Crippen molar-refractivity contribution in [3.63, 3.8) is 0 Å². The molecule has 0 saturated carbocycles. The fraction of sp³-hybridized carbons (Fsp3) is 0.250. The van der Waals surface area contributed by atoms with E-state index < -0.39 is 0 Å². The lowest BCUT2D eigenvalue weighted by Gasteiger charge is -2.33. The Balaban J connectivity index is 1.33. The molecule has 1 N–H and O–H groups in total. The van der Waals surface area contributed by atoms with Gasteiger partial charge in [-0.25, -0.2) is 4.98 Å². The van der Waals surface area contributed by atoms with Gasteiger partial charge < -0.3 is 5.32 Å². The van der Waals surface area contributed by atoms with Gasteiger partial charge in [0.2, 0.25) is 0 Å². The molecule has 5 rings (SSSR count). The van der Waals surface area contributed by atoms with Gasteiger partial charge in [0.05, 0.1) is 16.4 Å². The summed E-state index contributed by atoms with van der Waals surface area (Å²) >= 11 is 22.4. The zero-order valence-corrected chi connectivity index (χ0v) is 21.5. The van der Waals surface area contributed by atoms with Crippen LogP contribution >= 0.6 is 50.7 Å². The van der Waals surface area contributed by atoms with Crippen LogP contribution in [0, 0.1) is 0 Å². The van der Waals surface area contributed by atoms with Gasteiger partial charge in [0, 0.05) is 52.4 Å². The first-order valence-corrected chi connectivity index (χ1v) is 12.6. The van der Waals surface area contributed by atoms with E-state index in [0.29, 0.717) is 16.1 Å². The number of likely N-dealkylation sites (tertiary alicyclic amines) is 1. The zero-order chi connectivity index (χ0) is 22.9. The molecule has 4 aromatic rings. The van der Waals surface area contributed by atoms with E-state index in [1.54, 1.807) is 12.3 Å². The van der Waals surface area contributed by atoms with Crippen LogP contribution in [0.5, 0.6) is 0 Å². The number of nitrogens with one attached hydrogen (secondary N) is 1. The zero-order valence-electron chi connectivity index (χ0n) is 17.6. The first-order valence-electron chi connectivity index (χ1n) is 10.7. The first-order chi connectivity index (χ1) is 16.0. The van der Waals surface area contributed by atoms with Crippen molar-refractivity contribution in [2.45, 2.75) is 25.4 Å². The minimum absolute atomic E-state index is 0.328. The number of rotatable bonds is 5. The van der Waals surface area contributed by atoms with E-state index in [2.05, 4.69) is 31.2 Å². The molecule has 0 amide bonds. The number of anilines is 1. The Labute approximate surface area is 215 Å². The van der Waals surface area contributed by atoms with Crippen LogP contribution in [0.15, 0.2) is 59.2 Å². The number of piperidine rings is 1. The molecule has 2 aromatic carbocycles. The van der Waals surface area contributed by atoms with Gasteiger partial charge in [-0.3, -0.25) is 4.90 Å². The molecule has 33 heavy (non-hydrogen) atoms. The summed E-state index contributed by atoms with van der Waals surface area (Å²) in [5.74, 6) is 0.903. The summed E-state index contributed by atoms with van der Waals surface area (Å²) in [6.07, 6.45) is 3.79. The minimum Gasteiger partial charge on any atom is -0.367 e. The standard InChI is InChI=1S/C24H21BrCl3N5/c25-19-13-29-33-23(12-22(31-24(19)33)18-3-1-2-4-20(18)27)30-17-7-9-32(10-8-17)14-15-5-6-16(26)11-21(15)28/h1-6,11-13,17,30H,7-10,14H2. The van der Waals surface area contributed by atoms with Gasteiger partial charge >= 0.3 is 0 Å². The largest absolute Gasteiger partial charge is 0.367 e. The average Bonchev–Trinajstić information content (AvgIpc) is 3.18. The molecule has 0 spiro atoms. The third-order valence-corrected chi connectivity index (χ3v) is 7.40. The molecule has 5 nitrogen and oxygen atoms in total. The van der Waals surface area contributed by atoms with Crippen molar-refractivity contribution in [2.75, 3.05) is 18.4 Å². The molecule has 3 heterocycles. The average molecular weight is 566 g/mol. The SMILES string of the molecule is Clc1ccc(CN2CCC(Nc3cc(-c4ccccc4Cl)nc4c(Br)cnn34)CC2)c(Cl)c1. The van der Waals surface area contributed by atoms with E-state index in [4.69, 9.17) is 39.8 Å². The smallest absolute Gasteiger partial charge is 0.172 e. The Kier molecular flexibility index (Phi) is 6.81. The fourth-order valence-corrected chi connectivity index (χ4v) is 5.23. The lowest BCUT2D eigenvalue weighted by Crippen LogP contribution is -2.39. The number of benzene rings is 2. The number of halogens is 4. The molecule has 0 bridgehead atoms. The predicted octanol–water partition coefficient (Wildman–Crippen LogP) is 7.20. The molecule has 1 aliphatic rings. The molecule has 1 aliphatic heterocycles. The van der Waals surface area contributed by atoms with E-state index >= 15 is 0 Å². The maximum atomic E-state index is 6.45. The van der Waals surface area contributed by atoms with E-state index in [0.717, 1.165) is 70.3 Å². The van der Waals surface area contributed by atoms with Gasteiger partial charge in [-0.2, -0.15) is 9.61 Å². The highest BCUT2D eigenvalue weighted by Gasteiger charge is 2.22. The van der Waals surface area contributed by atoms with Crippen LogP contribution in [-0.2, 0) is 6.54 Å². The van der Waals surface area contributed by atoms with Crippen molar-refractivity contribution in [2.24, 2.45) is 0 Å². The predicted molar refractivity (Wildman–Crippen MR) is 140 cm³/mol. The second kappa shape index (κ2) is 9.80. The van der Waals surface area contributed by atoms with E-state index in [1.165, 1.54) is 0 Å². The topological polar surface area (TPSA) is 45.5 Å². The minimum atomic E-state index is 0.328. The Bertz CT molecular complexity index is 1300. The maximum Gasteiger partial charge on any atom is 0.172 e. The molecule has 9 heteroatoms. The number of fused-ring (bicyclic) bond motifs is 1. The van der Waals surface area contributed by atoms with E-state index in [1.807, 2.05) is 47.0 Å². The molecule has 1 fully saturated rings. The Hall–Kier alpha value is -1.83. The number of aromatic nitrogens is 3. The van der Waals surface area contributed by atoms with Crippen molar-refractivity contribution in [1.82, 2.24) is 19.5 Å². The number of hydrogen-bond donors (Lipinski definition) is 1. The van der Waals surface area contributed by atoms with Crippen molar-refractivity contribution in [3.05, 3.63) is 79.8 Å². The van der Waals surface area contributed by atoms with Gasteiger partial charge in [0.1, 0.15) is 5.82 Å². The Morgan fingerprint density at radius 1 is 1.00 bits per heavy atom. The van der Waals surface area contributed by atoms with Crippen LogP contribution in [0.1, 0.15) is 18.4 Å². The van der Waals surface area contributed by atoms with Crippen LogP contribution in [0.25, 0.3) is 16.9 Å². The summed E-state index contributed by atoms with van der Waals surface area (Å²) in [6.45, 7) is 2.78. The molecular formula is C24H21BrCl3N5. The van der Waals surface area contributed by atoms with Gasteiger partial charge in [0.25, 0.3) is 0 Å². The van der Waals surface area contributed by atoms with Gasteiger partial charge in [-0.15, -0.1) is 0 Å². The fourth-order valence-electron chi connectivity index (χ4n) is 4.18. The molecule has 0 radical (unpaired) electrons. The highest BCUT2D eigenvalue weighted by atomic mass is 79.9. The summed E-state index contributed by atoms with van der Waals surface area (Å²) in [6, 6.07) is 15.8.